The zero-order valence-electron chi connectivity index (χ0n) is 19.8. The van der Waals surface area contributed by atoms with E-state index in [1.54, 1.807) is 0 Å². The molecule has 5 rings (SSSR count). The summed E-state index contributed by atoms with van der Waals surface area (Å²) < 4.78 is 6.16. The van der Waals surface area contributed by atoms with E-state index >= 15 is 0 Å². The minimum atomic E-state index is 0.345. The van der Waals surface area contributed by atoms with Crippen molar-refractivity contribution in [3.8, 4) is 5.75 Å². The number of halogens is 2. The van der Waals surface area contributed by atoms with Crippen LogP contribution in [0, 0.1) is 11.8 Å². The summed E-state index contributed by atoms with van der Waals surface area (Å²) in [5.74, 6) is 2.69. The Morgan fingerprint density at radius 1 is 0.882 bits per heavy atom. The van der Waals surface area contributed by atoms with Gasteiger partial charge in [-0.1, -0.05) is 35.3 Å². The van der Waals surface area contributed by atoms with E-state index in [0.717, 1.165) is 62.1 Å². The molecule has 0 N–H and O–H groups in total. The number of piperazine rings is 1. The van der Waals surface area contributed by atoms with E-state index in [-0.39, 0.29) is 0 Å². The third-order valence-corrected chi connectivity index (χ3v) is 8.66. The lowest BCUT2D eigenvalue weighted by Crippen LogP contribution is -2.48. The van der Waals surface area contributed by atoms with Gasteiger partial charge in [0, 0.05) is 45.6 Å². The van der Waals surface area contributed by atoms with Gasteiger partial charge in [0.05, 0.1) is 22.3 Å². The van der Waals surface area contributed by atoms with Gasteiger partial charge in [-0.05, 0) is 79.3 Å². The third-order valence-electron chi connectivity index (χ3n) is 7.85. The van der Waals surface area contributed by atoms with E-state index in [0.29, 0.717) is 34.6 Å². The summed E-state index contributed by atoms with van der Waals surface area (Å²) in [5, 5.41) is 1.30. The van der Waals surface area contributed by atoms with Crippen LogP contribution in [0.1, 0.15) is 43.2 Å². The van der Waals surface area contributed by atoms with Gasteiger partial charge in [0.2, 0.25) is 0 Å². The molecule has 0 aromatic heterocycles. The van der Waals surface area contributed by atoms with Crippen molar-refractivity contribution in [2.24, 2.45) is 11.8 Å². The predicted molar refractivity (Wildman–Crippen MR) is 140 cm³/mol. The van der Waals surface area contributed by atoms with E-state index in [1.165, 1.54) is 37.8 Å². The Morgan fingerprint density at radius 3 is 2.44 bits per heavy atom. The Morgan fingerprint density at radius 2 is 1.65 bits per heavy atom. The molecule has 0 spiro atoms. The third kappa shape index (κ3) is 5.72. The van der Waals surface area contributed by atoms with Crippen LogP contribution >= 0.6 is 23.2 Å². The van der Waals surface area contributed by atoms with Crippen LogP contribution < -0.4 is 9.64 Å². The predicted octanol–water partition coefficient (Wildman–Crippen LogP) is 6.06. The van der Waals surface area contributed by atoms with Crippen molar-refractivity contribution in [2.45, 2.75) is 44.9 Å². The van der Waals surface area contributed by atoms with Crippen LogP contribution in [0.15, 0.2) is 36.4 Å². The van der Waals surface area contributed by atoms with E-state index < -0.39 is 0 Å². The van der Waals surface area contributed by atoms with Crippen LogP contribution in [-0.4, -0.2) is 50.0 Å². The molecular formula is C28H34Cl2N2O2. The van der Waals surface area contributed by atoms with Crippen molar-refractivity contribution < 1.29 is 9.53 Å². The van der Waals surface area contributed by atoms with Crippen molar-refractivity contribution in [1.29, 1.82) is 0 Å². The van der Waals surface area contributed by atoms with E-state index in [1.807, 2.05) is 12.1 Å². The number of ketones is 1. The largest absolute Gasteiger partial charge is 0.493 e. The second kappa shape index (κ2) is 10.9. The number of nitrogens with zero attached hydrogens (tertiary/aromatic N) is 2. The highest BCUT2D eigenvalue weighted by atomic mass is 35.5. The molecule has 2 fully saturated rings. The number of Topliss-reactive ketones (excluding diaryl/α,β-unsaturated/α-hetero) is 1. The first-order valence-electron chi connectivity index (χ1n) is 12.7. The number of carbonyl (C=O) groups is 1. The molecule has 1 aliphatic heterocycles. The molecule has 1 heterocycles. The molecule has 4 nitrogen and oxygen atoms in total. The fourth-order valence-corrected chi connectivity index (χ4v) is 6.16. The van der Waals surface area contributed by atoms with Gasteiger partial charge in [0.15, 0.2) is 0 Å². The van der Waals surface area contributed by atoms with Gasteiger partial charge in [0.25, 0.3) is 0 Å². The molecule has 6 heteroatoms. The van der Waals surface area contributed by atoms with E-state index in [4.69, 9.17) is 27.9 Å². The lowest BCUT2D eigenvalue weighted by Gasteiger charge is -2.39. The fraction of sp³-hybridized carbons (Fsp3) is 0.536. The summed E-state index contributed by atoms with van der Waals surface area (Å²) in [7, 11) is 0. The van der Waals surface area contributed by atoms with E-state index in [2.05, 4.69) is 34.1 Å². The molecule has 1 saturated carbocycles. The average Bonchev–Trinajstić information content (AvgIpc) is 2.85. The van der Waals surface area contributed by atoms with Crippen LogP contribution in [0.5, 0.6) is 5.75 Å². The summed E-state index contributed by atoms with van der Waals surface area (Å²) >= 11 is 12.6. The Kier molecular flexibility index (Phi) is 7.67. The van der Waals surface area contributed by atoms with Crippen molar-refractivity contribution in [2.75, 3.05) is 44.2 Å². The van der Waals surface area contributed by atoms with Gasteiger partial charge in [-0.15, -0.1) is 0 Å². The maximum absolute atomic E-state index is 11.8. The summed E-state index contributed by atoms with van der Waals surface area (Å²) in [6.45, 7) is 6.13. The molecule has 3 aliphatic rings. The lowest BCUT2D eigenvalue weighted by molar-refractivity contribution is -0.118. The molecule has 0 atom stereocenters. The number of carbonyl (C=O) groups excluding carboxylic acids is 1. The standard InChI is InChI=1S/C28H34Cl2N2O2/c29-26-2-1-3-27(28(26)30)32-14-12-31(13-15-32)18-20-4-6-21(7-5-20)19-34-25-11-9-22-8-10-24(33)16-23(22)17-25/h1-3,9,11,17,20-21H,4-8,10,12-16,18-19H2. The molecule has 0 bridgehead atoms. The number of fused-ring (bicyclic) bond motifs is 1. The summed E-state index contributed by atoms with van der Waals surface area (Å²) in [6, 6.07) is 12.2. The molecule has 2 aromatic rings. The minimum absolute atomic E-state index is 0.345. The molecular weight excluding hydrogens is 467 g/mol. The molecule has 2 aromatic carbocycles. The SMILES string of the molecule is O=C1CCc2ccc(OCC3CCC(CN4CCN(c5cccc(Cl)c5Cl)CC4)CC3)cc2C1. The monoisotopic (exact) mass is 500 g/mol. The molecule has 182 valence electrons. The number of benzene rings is 2. The number of hydrogen-bond donors (Lipinski definition) is 0. The highest BCUT2D eigenvalue weighted by Gasteiger charge is 2.26. The van der Waals surface area contributed by atoms with Crippen molar-refractivity contribution in [3.63, 3.8) is 0 Å². The van der Waals surface area contributed by atoms with Gasteiger partial charge >= 0.3 is 0 Å². The van der Waals surface area contributed by atoms with Crippen LogP contribution in [0.25, 0.3) is 0 Å². The van der Waals surface area contributed by atoms with Gasteiger partial charge < -0.3 is 9.64 Å². The number of anilines is 1. The first kappa shape index (κ1) is 24.0. The molecule has 2 aliphatic carbocycles. The Hall–Kier alpha value is -1.75. The first-order chi connectivity index (χ1) is 16.5. The van der Waals surface area contributed by atoms with Gasteiger partial charge in [0.1, 0.15) is 11.5 Å². The second-order valence-electron chi connectivity index (χ2n) is 10.2. The highest BCUT2D eigenvalue weighted by Crippen LogP contribution is 2.34. The Labute approximate surface area is 213 Å². The molecule has 0 radical (unpaired) electrons. The zero-order valence-corrected chi connectivity index (χ0v) is 21.3. The lowest BCUT2D eigenvalue weighted by atomic mass is 9.82. The van der Waals surface area contributed by atoms with Crippen LogP contribution in [0.3, 0.4) is 0 Å². The van der Waals surface area contributed by atoms with Crippen LogP contribution in [0.2, 0.25) is 10.0 Å². The van der Waals surface area contributed by atoms with Crippen LogP contribution in [0.4, 0.5) is 5.69 Å². The maximum atomic E-state index is 11.8. The minimum Gasteiger partial charge on any atom is -0.493 e. The smallest absolute Gasteiger partial charge is 0.137 e. The van der Waals surface area contributed by atoms with Gasteiger partial charge in [-0.2, -0.15) is 0 Å². The number of hydrogen-bond acceptors (Lipinski definition) is 4. The summed E-state index contributed by atoms with van der Waals surface area (Å²) in [4.78, 5) is 16.7. The maximum Gasteiger partial charge on any atom is 0.137 e. The number of ether oxygens (including phenoxy) is 1. The molecule has 34 heavy (non-hydrogen) atoms. The molecule has 0 unspecified atom stereocenters. The van der Waals surface area contributed by atoms with E-state index in [9.17, 15) is 4.79 Å². The average molecular weight is 501 g/mol. The summed E-state index contributed by atoms with van der Waals surface area (Å²) in [5.41, 5.74) is 3.53. The molecule has 1 saturated heterocycles. The Bertz CT molecular complexity index is 1010. The zero-order chi connectivity index (χ0) is 23.5. The Balaban J connectivity index is 1.03. The summed E-state index contributed by atoms with van der Waals surface area (Å²) in [6.07, 6.45) is 7.18. The first-order valence-corrected chi connectivity index (χ1v) is 13.5. The fourth-order valence-electron chi connectivity index (χ4n) is 5.74. The highest BCUT2D eigenvalue weighted by molar-refractivity contribution is 6.43. The van der Waals surface area contributed by atoms with Crippen molar-refractivity contribution in [1.82, 2.24) is 4.90 Å². The molecule has 0 amide bonds. The second-order valence-corrected chi connectivity index (χ2v) is 11.0. The van der Waals surface area contributed by atoms with Gasteiger partial charge in [-0.25, -0.2) is 0 Å². The van der Waals surface area contributed by atoms with Gasteiger partial charge in [-0.3, -0.25) is 9.69 Å². The normalized spacial score (nSPS) is 23.6. The quantitative estimate of drug-likeness (QED) is 0.482. The van der Waals surface area contributed by atoms with Crippen LogP contribution in [-0.2, 0) is 17.6 Å². The number of aryl methyl sites for hydroxylation is 1. The number of rotatable bonds is 6. The van der Waals surface area contributed by atoms with Crippen molar-refractivity contribution in [3.05, 3.63) is 57.6 Å². The van der Waals surface area contributed by atoms with Crippen molar-refractivity contribution >= 4 is 34.7 Å². The topological polar surface area (TPSA) is 32.8 Å².